The van der Waals surface area contributed by atoms with E-state index in [4.69, 9.17) is 21.1 Å². The molecular formula is C27H33ClN2O4. The second-order valence-electron chi connectivity index (χ2n) is 9.46. The summed E-state index contributed by atoms with van der Waals surface area (Å²) in [6, 6.07) is 14.5. The number of ether oxygens (including phenoxy) is 2. The van der Waals surface area contributed by atoms with Crippen molar-refractivity contribution in [2.24, 2.45) is 5.92 Å². The quantitative estimate of drug-likeness (QED) is 0.581. The lowest BCUT2D eigenvalue weighted by molar-refractivity contribution is -0.141. The van der Waals surface area contributed by atoms with Crippen LogP contribution in [0.5, 0.6) is 11.5 Å². The Balaban J connectivity index is 1.58. The fraction of sp³-hybridized carbons (Fsp3) is 0.481. The van der Waals surface area contributed by atoms with Crippen LogP contribution in [0.1, 0.15) is 49.8 Å². The molecule has 2 unspecified atom stereocenters. The molecule has 182 valence electrons. The molecule has 2 aliphatic rings. The van der Waals surface area contributed by atoms with Crippen LogP contribution >= 0.6 is 11.6 Å². The molecule has 1 fully saturated rings. The van der Waals surface area contributed by atoms with Gasteiger partial charge in [0, 0.05) is 6.04 Å². The van der Waals surface area contributed by atoms with Crippen LogP contribution in [-0.2, 0) is 9.59 Å². The minimum atomic E-state index is -0.799. The second-order valence-corrected chi connectivity index (χ2v) is 9.72. The van der Waals surface area contributed by atoms with Gasteiger partial charge in [0.1, 0.15) is 18.5 Å². The first-order valence-corrected chi connectivity index (χ1v) is 12.6. The Bertz CT molecular complexity index is 988. The zero-order valence-electron chi connectivity index (χ0n) is 19.8. The van der Waals surface area contributed by atoms with Crippen LogP contribution < -0.4 is 14.8 Å². The maximum Gasteiger partial charge on any atom is 0.247 e. The van der Waals surface area contributed by atoms with E-state index >= 15 is 0 Å². The number of hydrogen-bond acceptors (Lipinski definition) is 4. The maximum atomic E-state index is 13.7. The van der Waals surface area contributed by atoms with Crippen molar-refractivity contribution in [2.45, 2.75) is 57.7 Å². The number of benzene rings is 2. The summed E-state index contributed by atoms with van der Waals surface area (Å²) >= 11 is 6.02. The van der Waals surface area contributed by atoms with E-state index < -0.39 is 12.1 Å². The number of alkyl halides is 1. The zero-order valence-corrected chi connectivity index (χ0v) is 20.6. The van der Waals surface area contributed by atoms with Crippen LogP contribution in [0.15, 0.2) is 48.5 Å². The smallest absolute Gasteiger partial charge is 0.247 e. The first-order valence-electron chi connectivity index (χ1n) is 12.1. The van der Waals surface area contributed by atoms with Gasteiger partial charge in [0.2, 0.25) is 11.8 Å². The van der Waals surface area contributed by atoms with E-state index in [-0.39, 0.29) is 36.9 Å². The van der Waals surface area contributed by atoms with Crippen molar-refractivity contribution in [1.82, 2.24) is 10.2 Å². The van der Waals surface area contributed by atoms with Gasteiger partial charge in [-0.15, -0.1) is 11.6 Å². The Morgan fingerprint density at radius 3 is 2.41 bits per heavy atom. The highest BCUT2D eigenvalue weighted by molar-refractivity contribution is 6.27. The average molecular weight is 485 g/mol. The van der Waals surface area contributed by atoms with Crippen molar-refractivity contribution in [1.29, 1.82) is 0 Å². The van der Waals surface area contributed by atoms with Gasteiger partial charge < -0.3 is 19.7 Å². The molecule has 0 spiro atoms. The van der Waals surface area contributed by atoms with Crippen molar-refractivity contribution < 1.29 is 19.1 Å². The summed E-state index contributed by atoms with van der Waals surface area (Å²) in [4.78, 5) is 28.3. The van der Waals surface area contributed by atoms with Crippen LogP contribution in [0.25, 0.3) is 0 Å². The molecule has 0 aromatic heterocycles. The molecule has 1 aliphatic carbocycles. The lowest BCUT2D eigenvalue weighted by Crippen LogP contribution is -2.51. The fourth-order valence-electron chi connectivity index (χ4n) is 4.71. The molecule has 7 heteroatoms. The summed E-state index contributed by atoms with van der Waals surface area (Å²) in [5.41, 5.74) is 1.84. The highest BCUT2D eigenvalue weighted by atomic mass is 35.5. The van der Waals surface area contributed by atoms with E-state index in [2.05, 4.69) is 12.2 Å². The number of carbonyl (C=O) groups excluding carboxylic acids is 2. The number of para-hydroxylation sites is 2. The van der Waals surface area contributed by atoms with Gasteiger partial charge in [-0.2, -0.15) is 0 Å². The first-order chi connectivity index (χ1) is 16.4. The molecule has 1 saturated carbocycles. The Hall–Kier alpha value is -2.73. The molecule has 2 atom stereocenters. The third kappa shape index (κ3) is 5.84. The number of amides is 2. The molecule has 4 rings (SSSR count). The number of rotatable bonds is 7. The molecule has 0 saturated heterocycles. The Morgan fingerprint density at radius 2 is 1.74 bits per heavy atom. The molecule has 6 nitrogen and oxygen atoms in total. The standard InChI is InChI=1S/C27H33ClN2O4/c1-18-7-11-20(12-8-18)26(27(32)29-21-13-9-19(2)10-14-21)30(25(31)15-28)16-22-17-33-23-5-3-4-6-24(23)34-22/h3-8,11-12,19,21-22,26H,9-10,13-17H2,1-2H3,(H,29,32). The fourth-order valence-corrected chi connectivity index (χ4v) is 4.86. The topological polar surface area (TPSA) is 67.9 Å². The Labute approximate surface area is 206 Å². The maximum absolute atomic E-state index is 13.7. The summed E-state index contributed by atoms with van der Waals surface area (Å²) in [7, 11) is 0. The van der Waals surface area contributed by atoms with Crippen molar-refractivity contribution >= 4 is 23.4 Å². The van der Waals surface area contributed by atoms with Gasteiger partial charge in [0.05, 0.1) is 6.54 Å². The third-order valence-corrected chi connectivity index (χ3v) is 6.95. The predicted molar refractivity (Wildman–Crippen MR) is 132 cm³/mol. The molecule has 1 heterocycles. The van der Waals surface area contributed by atoms with Crippen molar-refractivity contribution in [3.05, 3.63) is 59.7 Å². The second kappa shape index (κ2) is 11.1. The van der Waals surface area contributed by atoms with Gasteiger partial charge in [-0.1, -0.05) is 48.9 Å². The normalized spacial score (nSPS) is 22.5. The summed E-state index contributed by atoms with van der Waals surface area (Å²) in [5, 5.41) is 3.22. The van der Waals surface area contributed by atoms with E-state index in [1.807, 2.05) is 55.5 Å². The number of carbonyl (C=O) groups is 2. The van der Waals surface area contributed by atoms with Gasteiger partial charge in [-0.3, -0.25) is 9.59 Å². The molecule has 2 aromatic carbocycles. The summed E-state index contributed by atoms with van der Waals surface area (Å²) in [5.74, 6) is 1.27. The highest BCUT2D eigenvalue weighted by Crippen LogP contribution is 2.32. The highest BCUT2D eigenvalue weighted by Gasteiger charge is 2.35. The van der Waals surface area contributed by atoms with Crippen molar-refractivity contribution in [2.75, 3.05) is 19.0 Å². The summed E-state index contributed by atoms with van der Waals surface area (Å²) < 4.78 is 12.0. The predicted octanol–water partition coefficient (Wildman–Crippen LogP) is 4.64. The van der Waals surface area contributed by atoms with Crippen LogP contribution in [0.2, 0.25) is 0 Å². The number of halogens is 1. The number of fused-ring (bicyclic) bond motifs is 1. The molecular weight excluding hydrogens is 452 g/mol. The number of hydrogen-bond donors (Lipinski definition) is 1. The van der Waals surface area contributed by atoms with E-state index in [0.717, 1.165) is 36.8 Å². The Kier molecular flexibility index (Phi) is 7.99. The van der Waals surface area contributed by atoms with Gasteiger partial charge in [-0.05, 0) is 56.2 Å². The number of nitrogens with zero attached hydrogens (tertiary/aromatic N) is 1. The lowest BCUT2D eigenvalue weighted by atomic mass is 9.87. The SMILES string of the molecule is Cc1ccc(C(C(=O)NC2CCC(C)CC2)N(CC2COc3ccccc3O2)C(=O)CCl)cc1. The zero-order chi connectivity index (χ0) is 24.1. The number of nitrogens with one attached hydrogen (secondary N) is 1. The third-order valence-electron chi connectivity index (χ3n) is 6.72. The Morgan fingerprint density at radius 1 is 1.06 bits per heavy atom. The van der Waals surface area contributed by atoms with Crippen molar-refractivity contribution in [3.8, 4) is 11.5 Å². The monoisotopic (exact) mass is 484 g/mol. The molecule has 2 aromatic rings. The van der Waals surface area contributed by atoms with Gasteiger partial charge >= 0.3 is 0 Å². The lowest BCUT2D eigenvalue weighted by Gasteiger charge is -2.36. The molecule has 0 radical (unpaired) electrons. The first kappa shape index (κ1) is 24.4. The van der Waals surface area contributed by atoms with E-state index in [9.17, 15) is 9.59 Å². The molecule has 34 heavy (non-hydrogen) atoms. The van der Waals surface area contributed by atoms with Crippen LogP contribution in [0, 0.1) is 12.8 Å². The summed E-state index contributed by atoms with van der Waals surface area (Å²) in [6.45, 7) is 4.71. The molecule has 0 bridgehead atoms. The molecule has 2 amide bonds. The van der Waals surface area contributed by atoms with E-state index in [0.29, 0.717) is 17.4 Å². The summed E-state index contributed by atoms with van der Waals surface area (Å²) in [6.07, 6.45) is 3.67. The largest absolute Gasteiger partial charge is 0.486 e. The van der Waals surface area contributed by atoms with Gasteiger partial charge in [0.15, 0.2) is 17.6 Å². The van der Waals surface area contributed by atoms with Crippen molar-refractivity contribution in [3.63, 3.8) is 0 Å². The minimum Gasteiger partial charge on any atom is -0.486 e. The van der Waals surface area contributed by atoms with E-state index in [1.54, 1.807) is 4.90 Å². The molecule has 1 N–H and O–H groups in total. The van der Waals surface area contributed by atoms with Crippen LogP contribution in [0.4, 0.5) is 0 Å². The number of aryl methyl sites for hydroxylation is 1. The van der Waals surface area contributed by atoms with Gasteiger partial charge in [-0.25, -0.2) is 0 Å². The average Bonchev–Trinajstić information content (AvgIpc) is 2.85. The minimum absolute atomic E-state index is 0.116. The van der Waals surface area contributed by atoms with Gasteiger partial charge in [0.25, 0.3) is 0 Å². The van der Waals surface area contributed by atoms with Crippen LogP contribution in [-0.4, -0.2) is 47.9 Å². The molecule has 1 aliphatic heterocycles. The van der Waals surface area contributed by atoms with E-state index in [1.165, 1.54) is 0 Å². The van der Waals surface area contributed by atoms with Crippen LogP contribution in [0.3, 0.4) is 0 Å².